The Morgan fingerprint density at radius 2 is 1.83 bits per heavy atom. The van der Waals surface area contributed by atoms with Crippen LogP contribution in [0.5, 0.6) is 0 Å². The van der Waals surface area contributed by atoms with E-state index in [2.05, 4.69) is 38.0 Å². The maximum absolute atomic E-state index is 11.6. The van der Waals surface area contributed by atoms with Gasteiger partial charge in [-0.05, 0) is 41.8 Å². The van der Waals surface area contributed by atoms with Crippen LogP contribution in [0.2, 0.25) is 0 Å². The number of carbonyl (C=O) groups is 1. The Kier molecular flexibility index (Phi) is 11.4. The van der Waals surface area contributed by atoms with E-state index in [1.165, 1.54) is 30.6 Å². The van der Waals surface area contributed by atoms with Crippen LogP contribution in [0.3, 0.4) is 0 Å². The van der Waals surface area contributed by atoms with Crippen LogP contribution < -0.4 is 11.3 Å². The van der Waals surface area contributed by atoms with E-state index in [-0.39, 0.29) is 5.56 Å². The number of hydrogen-bond donors (Lipinski definition) is 2. The summed E-state index contributed by atoms with van der Waals surface area (Å²) in [5.74, 6) is -0.416. The molecule has 1 amide bonds. The number of halogens is 1. The van der Waals surface area contributed by atoms with Crippen molar-refractivity contribution < 1.29 is 4.79 Å². The first-order valence-corrected chi connectivity index (χ1v) is 11.4. The molecule has 0 spiro atoms. The molecule has 8 heteroatoms. The third-order valence-electron chi connectivity index (χ3n) is 4.04. The lowest BCUT2D eigenvalue weighted by Gasteiger charge is -2.04. The highest BCUT2D eigenvalue weighted by Crippen LogP contribution is 2.21. The van der Waals surface area contributed by atoms with Crippen molar-refractivity contribution in [3.05, 3.63) is 54.8 Å². The molecule has 0 unspecified atom stereocenters. The number of aryl methyl sites for hydroxylation is 2. The molecule has 0 radical (unpaired) electrons. The van der Waals surface area contributed by atoms with Gasteiger partial charge in [0.25, 0.3) is 11.5 Å². The summed E-state index contributed by atoms with van der Waals surface area (Å²) < 4.78 is 0.693. The molecule has 0 saturated carbocycles. The molecule has 0 aliphatic rings. The first-order chi connectivity index (χ1) is 13.9. The monoisotopic (exact) mass is 480 g/mol. The lowest BCUT2D eigenvalue weighted by Crippen LogP contribution is -2.10. The standard InChI is InChI=1S/C14H18N2O.C5H5BrN2OS.C2H6/c1-2-3-4-5-10-13-11-8-6-7-9-12(11)14(17)16-15-13;1-2-3(4(7)9)10-5(6)8-2;1-2/h6-9H,2-5,10H2,1H3,(H,16,17);1H3,(H2,7,9);1-2H3. The Morgan fingerprint density at radius 3 is 2.34 bits per heavy atom. The first-order valence-electron chi connectivity index (χ1n) is 9.83. The molecule has 2 heterocycles. The number of fused-ring (bicyclic) bond motifs is 1. The predicted molar refractivity (Wildman–Crippen MR) is 125 cm³/mol. The molecule has 3 N–H and O–H groups in total. The lowest BCUT2D eigenvalue weighted by molar-refractivity contribution is 0.100. The van der Waals surface area contributed by atoms with Crippen LogP contribution in [0, 0.1) is 6.92 Å². The van der Waals surface area contributed by atoms with Gasteiger partial charge in [0.15, 0.2) is 3.92 Å². The highest BCUT2D eigenvalue weighted by Gasteiger charge is 2.09. The number of H-pyrrole nitrogens is 1. The molecule has 0 bridgehead atoms. The normalized spacial score (nSPS) is 9.97. The van der Waals surface area contributed by atoms with Crippen molar-refractivity contribution in [3.8, 4) is 0 Å². The number of rotatable bonds is 6. The van der Waals surface area contributed by atoms with Gasteiger partial charge < -0.3 is 5.73 Å². The number of nitrogens with zero attached hydrogens (tertiary/aromatic N) is 2. The third kappa shape index (κ3) is 7.70. The highest BCUT2D eigenvalue weighted by molar-refractivity contribution is 9.11. The average molecular weight is 481 g/mol. The minimum Gasteiger partial charge on any atom is -0.365 e. The summed E-state index contributed by atoms with van der Waals surface area (Å²) in [5.41, 5.74) is 6.63. The van der Waals surface area contributed by atoms with E-state index in [4.69, 9.17) is 5.73 Å². The second-order valence-corrected chi connectivity index (χ2v) is 8.38. The Labute approximate surface area is 184 Å². The fourth-order valence-electron chi connectivity index (χ4n) is 2.67. The minimum absolute atomic E-state index is 0.0992. The summed E-state index contributed by atoms with van der Waals surface area (Å²) in [6.07, 6.45) is 5.81. The number of thiazole rings is 1. The average Bonchev–Trinajstić information content (AvgIpc) is 3.07. The zero-order valence-electron chi connectivity index (χ0n) is 17.4. The number of aromatic amines is 1. The Hall–Kier alpha value is -2.06. The zero-order chi connectivity index (χ0) is 21.8. The van der Waals surface area contributed by atoms with Crippen molar-refractivity contribution in [1.29, 1.82) is 0 Å². The third-order valence-corrected chi connectivity index (χ3v) is 5.66. The molecule has 3 rings (SSSR count). The van der Waals surface area contributed by atoms with E-state index in [0.717, 1.165) is 29.3 Å². The van der Waals surface area contributed by atoms with Crippen LogP contribution in [0.15, 0.2) is 33.0 Å². The number of aromatic nitrogens is 3. The van der Waals surface area contributed by atoms with Crippen LogP contribution in [-0.4, -0.2) is 21.1 Å². The van der Waals surface area contributed by atoms with Gasteiger partial charge in [-0.3, -0.25) is 9.59 Å². The maximum atomic E-state index is 11.6. The number of unbranched alkanes of at least 4 members (excludes halogenated alkanes) is 3. The summed E-state index contributed by atoms with van der Waals surface area (Å²) in [6, 6.07) is 7.68. The second kappa shape index (κ2) is 13.2. The summed E-state index contributed by atoms with van der Waals surface area (Å²) in [7, 11) is 0. The largest absolute Gasteiger partial charge is 0.365 e. The number of carbonyl (C=O) groups excluding carboxylic acids is 1. The van der Waals surface area contributed by atoms with E-state index in [0.29, 0.717) is 14.5 Å². The van der Waals surface area contributed by atoms with E-state index in [1.54, 1.807) is 6.92 Å². The van der Waals surface area contributed by atoms with Gasteiger partial charge in [0.05, 0.1) is 16.8 Å². The molecule has 0 aliphatic carbocycles. The molecule has 1 aromatic carbocycles. The SMILES string of the molecule is CC.CCCCCCc1n[nH]c(=O)c2ccccc12.Cc1nc(Br)sc1C(N)=O. The van der Waals surface area contributed by atoms with E-state index < -0.39 is 5.91 Å². The van der Waals surface area contributed by atoms with Crippen LogP contribution >= 0.6 is 27.3 Å². The number of nitrogens with one attached hydrogen (secondary N) is 1. The second-order valence-electron chi connectivity index (χ2n) is 6.10. The maximum Gasteiger partial charge on any atom is 0.272 e. The number of amides is 1. The van der Waals surface area contributed by atoms with Gasteiger partial charge in [-0.25, -0.2) is 10.1 Å². The van der Waals surface area contributed by atoms with Crippen molar-refractivity contribution in [2.45, 2.75) is 59.8 Å². The number of nitrogens with two attached hydrogens (primary N) is 1. The summed E-state index contributed by atoms with van der Waals surface area (Å²) in [4.78, 5) is 26.7. The van der Waals surface area contributed by atoms with Crippen molar-refractivity contribution in [2.75, 3.05) is 0 Å². The summed E-state index contributed by atoms with van der Waals surface area (Å²) in [5, 5.41) is 8.48. The molecule has 0 saturated heterocycles. The molecule has 158 valence electrons. The fraction of sp³-hybridized carbons (Fsp3) is 0.429. The quantitative estimate of drug-likeness (QED) is 0.461. The van der Waals surface area contributed by atoms with Gasteiger partial charge in [-0.15, -0.1) is 11.3 Å². The van der Waals surface area contributed by atoms with Gasteiger partial charge in [0.1, 0.15) is 4.88 Å². The molecule has 3 aromatic rings. The van der Waals surface area contributed by atoms with Crippen LogP contribution in [0.1, 0.15) is 67.5 Å². The number of primary amides is 1. The van der Waals surface area contributed by atoms with E-state index in [9.17, 15) is 9.59 Å². The Morgan fingerprint density at radius 1 is 1.17 bits per heavy atom. The molecule has 6 nitrogen and oxygen atoms in total. The van der Waals surface area contributed by atoms with Crippen molar-refractivity contribution in [3.63, 3.8) is 0 Å². The van der Waals surface area contributed by atoms with Crippen molar-refractivity contribution >= 4 is 43.9 Å². The number of hydrogen-bond acceptors (Lipinski definition) is 5. The summed E-state index contributed by atoms with van der Waals surface area (Å²) in [6.45, 7) is 7.95. The van der Waals surface area contributed by atoms with Gasteiger partial charge in [0.2, 0.25) is 0 Å². The lowest BCUT2D eigenvalue weighted by atomic mass is 10.1. The van der Waals surface area contributed by atoms with Crippen LogP contribution in [0.25, 0.3) is 10.8 Å². The first kappa shape index (κ1) is 25.0. The Balaban J connectivity index is 0.000000299. The Bertz CT molecular complexity index is 969. The van der Waals surface area contributed by atoms with E-state index >= 15 is 0 Å². The molecule has 0 aliphatic heterocycles. The van der Waals surface area contributed by atoms with Crippen molar-refractivity contribution in [2.24, 2.45) is 5.73 Å². The highest BCUT2D eigenvalue weighted by atomic mass is 79.9. The predicted octanol–water partition coefficient (Wildman–Crippen LogP) is 5.39. The van der Waals surface area contributed by atoms with Gasteiger partial charge in [0, 0.05) is 5.39 Å². The topological polar surface area (TPSA) is 102 Å². The van der Waals surface area contributed by atoms with Gasteiger partial charge >= 0.3 is 0 Å². The van der Waals surface area contributed by atoms with Crippen molar-refractivity contribution in [1.82, 2.24) is 15.2 Å². The smallest absolute Gasteiger partial charge is 0.272 e. The van der Waals surface area contributed by atoms with E-state index in [1.807, 2.05) is 38.1 Å². The minimum atomic E-state index is -0.416. The van der Waals surface area contributed by atoms with Crippen LogP contribution in [0.4, 0.5) is 0 Å². The van der Waals surface area contributed by atoms with Gasteiger partial charge in [-0.2, -0.15) is 5.10 Å². The van der Waals surface area contributed by atoms with Crippen LogP contribution in [-0.2, 0) is 6.42 Å². The molecule has 2 aromatic heterocycles. The molecular weight excluding hydrogens is 452 g/mol. The molecule has 0 atom stereocenters. The molecular formula is C21H29BrN4O2S. The molecule has 29 heavy (non-hydrogen) atoms. The molecule has 0 fully saturated rings. The number of benzene rings is 1. The van der Waals surface area contributed by atoms with Gasteiger partial charge in [-0.1, -0.05) is 58.2 Å². The summed E-state index contributed by atoms with van der Waals surface area (Å²) >= 11 is 4.40. The fourth-order valence-corrected chi connectivity index (χ4v) is 4.07. The zero-order valence-corrected chi connectivity index (χ0v) is 19.8.